The van der Waals surface area contributed by atoms with E-state index in [-0.39, 0.29) is 13.0 Å². The minimum absolute atomic E-state index is 0.0359. The number of aliphatic hydroxyl groups excluding tert-OH is 1. The van der Waals surface area contributed by atoms with E-state index in [4.69, 9.17) is 9.84 Å². The highest BCUT2D eigenvalue weighted by atomic mass is 19.1. The maximum atomic E-state index is 13.7. The van der Waals surface area contributed by atoms with Gasteiger partial charge in [0.25, 0.3) is 5.56 Å². The molecule has 0 aliphatic carbocycles. The molecule has 6 nitrogen and oxygen atoms in total. The molecule has 0 saturated carbocycles. The SMILES string of the molecule is CCc1cn([C@@H]2O[C@H](CO)C[C@@H]2F)c(=O)[nH]c1=O. The minimum atomic E-state index is -1.38. The summed E-state index contributed by atoms with van der Waals surface area (Å²) in [6.45, 7) is 1.47. The fraction of sp³-hybridized carbons (Fsp3) is 0.636. The number of aliphatic hydroxyl groups is 1. The molecule has 1 aromatic rings. The van der Waals surface area contributed by atoms with Crippen molar-refractivity contribution in [2.45, 2.75) is 38.3 Å². The first-order chi connectivity index (χ1) is 8.56. The molecule has 1 fully saturated rings. The van der Waals surface area contributed by atoms with Crippen molar-refractivity contribution in [2.75, 3.05) is 6.61 Å². The number of alkyl halides is 1. The molecule has 0 spiro atoms. The normalized spacial score (nSPS) is 27.6. The molecule has 3 atom stereocenters. The van der Waals surface area contributed by atoms with Crippen molar-refractivity contribution < 1.29 is 14.2 Å². The molecule has 0 aromatic carbocycles. The summed E-state index contributed by atoms with van der Waals surface area (Å²) < 4.78 is 20.0. The number of ether oxygens (including phenoxy) is 1. The van der Waals surface area contributed by atoms with Crippen LogP contribution < -0.4 is 11.2 Å². The molecule has 7 heteroatoms. The molecule has 2 N–H and O–H groups in total. The van der Waals surface area contributed by atoms with Crippen molar-refractivity contribution in [3.05, 3.63) is 32.6 Å². The van der Waals surface area contributed by atoms with Crippen LogP contribution in [0.2, 0.25) is 0 Å². The summed E-state index contributed by atoms with van der Waals surface area (Å²) in [6.07, 6.45) is -1.30. The fourth-order valence-corrected chi connectivity index (χ4v) is 2.03. The second-order valence-corrected chi connectivity index (χ2v) is 4.26. The Hall–Kier alpha value is -1.47. The average Bonchev–Trinajstić information content (AvgIpc) is 2.71. The Balaban J connectivity index is 2.39. The quantitative estimate of drug-likeness (QED) is 0.780. The van der Waals surface area contributed by atoms with Crippen molar-refractivity contribution >= 4 is 0 Å². The van der Waals surface area contributed by atoms with Crippen LogP contribution in [-0.4, -0.2) is 33.5 Å². The number of halogens is 1. The molecule has 0 unspecified atom stereocenters. The lowest BCUT2D eigenvalue weighted by atomic mass is 10.2. The van der Waals surface area contributed by atoms with Gasteiger partial charge in [0.05, 0.1) is 12.7 Å². The molecule has 1 aliphatic rings. The zero-order chi connectivity index (χ0) is 13.3. The summed E-state index contributed by atoms with van der Waals surface area (Å²) in [7, 11) is 0. The van der Waals surface area contributed by atoms with Gasteiger partial charge in [-0.2, -0.15) is 0 Å². The largest absolute Gasteiger partial charge is 0.394 e. The van der Waals surface area contributed by atoms with Crippen LogP contribution in [0.4, 0.5) is 4.39 Å². The number of nitrogens with one attached hydrogen (secondary N) is 1. The Bertz CT molecular complexity index is 539. The van der Waals surface area contributed by atoms with Gasteiger partial charge in [0.15, 0.2) is 6.23 Å². The predicted octanol–water partition coefficient (Wildman–Crippen LogP) is -0.283. The lowest BCUT2D eigenvalue weighted by Crippen LogP contribution is -2.36. The molecular formula is C11H15FN2O4. The van der Waals surface area contributed by atoms with Gasteiger partial charge in [0, 0.05) is 18.2 Å². The van der Waals surface area contributed by atoms with E-state index in [1.54, 1.807) is 6.92 Å². The number of aromatic amines is 1. The van der Waals surface area contributed by atoms with Crippen LogP contribution in [0.3, 0.4) is 0 Å². The van der Waals surface area contributed by atoms with Gasteiger partial charge in [-0.1, -0.05) is 6.92 Å². The van der Waals surface area contributed by atoms with Gasteiger partial charge in [-0.15, -0.1) is 0 Å². The molecule has 18 heavy (non-hydrogen) atoms. The van der Waals surface area contributed by atoms with Crippen molar-refractivity contribution in [2.24, 2.45) is 0 Å². The summed E-state index contributed by atoms with van der Waals surface area (Å²) in [6, 6.07) is 0. The Morgan fingerprint density at radius 3 is 2.89 bits per heavy atom. The van der Waals surface area contributed by atoms with Crippen LogP contribution in [-0.2, 0) is 11.2 Å². The lowest BCUT2D eigenvalue weighted by molar-refractivity contribution is -0.0395. The number of hydrogen-bond donors (Lipinski definition) is 2. The van der Waals surface area contributed by atoms with Gasteiger partial charge in [-0.25, -0.2) is 9.18 Å². The van der Waals surface area contributed by atoms with Gasteiger partial charge in [-0.05, 0) is 6.42 Å². The highest BCUT2D eigenvalue weighted by Crippen LogP contribution is 2.29. The van der Waals surface area contributed by atoms with E-state index < -0.39 is 29.8 Å². The van der Waals surface area contributed by atoms with E-state index in [1.165, 1.54) is 6.20 Å². The second-order valence-electron chi connectivity index (χ2n) is 4.26. The van der Waals surface area contributed by atoms with Crippen LogP contribution >= 0.6 is 0 Å². The van der Waals surface area contributed by atoms with Crippen molar-refractivity contribution in [1.29, 1.82) is 0 Å². The highest BCUT2D eigenvalue weighted by Gasteiger charge is 2.37. The molecule has 1 aromatic heterocycles. The summed E-state index contributed by atoms with van der Waals surface area (Å²) in [4.78, 5) is 25.2. The number of hydrogen-bond acceptors (Lipinski definition) is 4. The molecule has 0 bridgehead atoms. The molecule has 0 amide bonds. The van der Waals surface area contributed by atoms with Crippen molar-refractivity contribution in [3.8, 4) is 0 Å². The summed E-state index contributed by atoms with van der Waals surface area (Å²) >= 11 is 0. The highest BCUT2D eigenvalue weighted by molar-refractivity contribution is 5.05. The van der Waals surface area contributed by atoms with Crippen molar-refractivity contribution in [3.63, 3.8) is 0 Å². The Morgan fingerprint density at radius 2 is 2.33 bits per heavy atom. The van der Waals surface area contributed by atoms with E-state index in [1.807, 2.05) is 0 Å². The van der Waals surface area contributed by atoms with Crippen LogP contribution in [0, 0.1) is 0 Å². The van der Waals surface area contributed by atoms with E-state index in [2.05, 4.69) is 4.98 Å². The first kappa shape index (κ1) is 13.0. The first-order valence-electron chi connectivity index (χ1n) is 5.81. The first-order valence-corrected chi connectivity index (χ1v) is 5.81. The Kier molecular flexibility index (Phi) is 3.63. The third-order valence-electron chi connectivity index (χ3n) is 3.03. The van der Waals surface area contributed by atoms with Crippen LogP contribution in [0.5, 0.6) is 0 Å². The van der Waals surface area contributed by atoms with Gasteiger partial charge in [-0.3, -0.25) is 14.3 Å². The smallest absolute Gasteiger partial charge is 0.330 e. The number of aromatic nitrogens is 2. The van der Waals surface area contributed by atoms with E-state index in [0.29, 0.717) is 12.0 Å². The zero-order valence-electron chi connectivity index (χ0n) is 9.93. The average molecular weight is 258 g/mol. The molecule has 1 saturated heterocycles. The summed E-state index contributed by atoms with van der Waals surface area (Å²) in [5.41, 5.74) is -0.785. The Labute approximate surface area is 102 Å². The maximum Gasteiger partial charge on any atom is 0.330 e. The van der Waals surface area contributed by atoms with Crippen LogP contribution in [0.15, 0.2) is 15.8 Å². The third kappa shape index (κ3) is 2.23. The maximum absolute atomic E-state index is 13.7. The fourth-order valence-electron chi connectivity index (χ4n) is 2.03. The minimum Gasteiger partial charge on any atom is -0.394 e. The number of aryl methyl sites for hydroxylation is 1. The molecule has 100 valence electrons. The van der Waals surface area contributed by atoms with Gasteiger partial charge in [0.1, 0.15) is 6.17 Å². The molecular weight excluding hydrogens is 243 g/mol. The summed E-state index contributed by atoms with van der Waals surface area (Å²) in [5.74, 6) is 0. The number of nitrogens with zero attached hydrogens (tertiary/aromatic N) is 1. The standard InChI is InChI=1S/C11H15FN2O4/c1-2-6-4-14(11(17)13-9(6)16)10-8(12)3-7(5-15)18-10/h4,7-8,10,15H,2-3,5H2,1H3,(H,13,16,17)/t7-,8-,10+/m0/s1. The Morgan fingerprint density at radius 1 is 1.61 bits per heavy atom. The van der Waals surface area contributed by atoms with Gasteiger partial charge in [0.2, 0.25) is 0 Å². The van der Waals surface area contributed by atoms with E-state index in [9.17, 15) is 14.0 Å². The molecule has 2 rings (SSSR count). The van der Waals surface area contributed by atoms with E-state index >= 15 is 0 Å². The lowest BCUT2D eigenvalue weighted by Gasteiger charge is -2.16. The number of rotatable bonds is 3. The molecule has 1 aliphatic heterocycles. The second kappa shape index (κ2) is 5.03. The third-order valence-corrected chi connectivity index (χ3v) is 3.03. The van der Waals surface area contributed by atoms with Crippen molar-refractivity contribution in [1.82, 2.24) is 9.55 Å². The topological polar surface area (TPSA) is 84.3 Å². The zero-order valence-corrected chi connectivity index (χ0v) is 9.93. The van der Waals surface area contributed by atoms with Gasteiger partial charge < -0.3 is 9.84 Å². The van der Waals surface area contributed by atoms with Crippen LogP contribution in [0.25, 0.3) is 0 Å². The van der Waals surface area contributed by atoms with Crippen LogP contribution in [0.1, 0.15) is 25.1 Å². The molecule has 0 radical (unpaired) electrons. The van der Waals surface area contributed by atoms with Gasteiger partial charge >= 0.3 is 5.69 Å². The number of H-pyrrole nitrogens is 1. The van der Waals surface area contributed by atoms with E-state index in [0.717, 1.165) is 4.57 Å². The predicted molar refractivity (Wildman–Crippen MR) is 61.2 cm³/mol. The molecule has 2 heterocycles. The summed E-state index contributed by atoms with van der Waals surface area (Å²) in [5, 5.41) is 8.93. The monoisotopic (exact) mass is 258 g/mol.